The van der Waals surface area contributed by atoms with Crippen LogP contribution in [-0.4, -0.2) is 75.8 Å². The number of piperazine rings is 1. The molecule has 0 amide bonds. The summed E-state index contributed by atoms with van der Waals surface area (Å²) in [7, 11) is 2.08. The monoisotopic (exact) mass is 500 g/mol. The molecule has 3 heterocycles. The molecule has 0 radical (unpaired) electrons. The largest absolute Gasteiger partial charge is 0.502 e. The molecule has 0 spiro atoms. The van der Waals surface area contributed by atoms with Gasteiger partial charge in [-0.25, -0.2) is 24.3 Å². The van der Waals surface area contributed by atoms with Gasteiger partial charge in [0, 0.05) is 62.3 Å². The van der Waals surface area contributed by atoms with E-state index >= 15 is 4.39 Å². The number of hydrogen-bond donors (Lipinski definition) is 2. The van der Waals surface area contributed by atoms with Crippen LogP contribution in [-0.2, 0) is 0 Å². The molecule has 0 saturated carbocycles. The number of nitrogens with one attached hydrogen (secondary N) is 1. The number of hydrogen-bond acceptors (Lipinski definition) is 9. The van der Waals surface area contributed by atoms with E-state index in [9.17, 15) is 5.11 Å². The zero-order valence-electron chi connectivity index (χ0n) is 20.3. The summed E-state index contributed by atoms with van der Waals surface area (Å²) in [4.78, 5) is 23.2. The normalized spacial score (nSPS) is 16.4. The van der Waals surface area contributed by atoms with Crippen LogP contribution in [0.25, 0.3) is 11.1 Å². The molecule has 1 aromatic carbocycles. The van der Waals surface area contributed by atoms with Gasteiger partial charge < -0.3 is 25.1 Å². The number of aromatic nitrogens is 4. The number of aromatic hydroxyl groups is 1. The zero-order chi connectivity index (χ0) is 25.1. The van der Waals surface area contributed by atoms with Crippen molar-refractivity contribution in [1.82, 2.24) is 24.8 Å². The van der Waals surface area contributed by atoms with Gasteiger partial charge >= 0.3 is 0 Å². The Balaban J connectivity index is 1.76. The van der Waals surface area contributed by atoms with Gasteiger partial charge in [0.05, 0.1) is 11.4 Å². The van der Waals surface area contributed by atoms with E-state index in [1.165, 1.54) is 12.4 Å². The first-order valence-electron chi connectivity index (χ1n) is 11.6. The van der Waals surface area contributed by atoms with E-state index < -0.39 is 0 Å². The zero-order valence-corrected chi connectivity index (χ0v) is 21.1. The summed E-state index contributed by atoms with van der Waals surface area (Å²) >= 11 is 5.98. The van der Waals surface area contributed by atoms with Crippen molar-refractivity contribution >= 4 is 34.7 Å². The fraction of sp³-hybridized carbons (Fsp3) is 0.417. The van der Waals surface area contributed by atoms with Crippen molar-refractivity contribution in [1.29, 1.82) is 0 Å². The van der Waals surface area contributed by atoms with Crippen molar-refractivity contribution in [2.24, 2.45) is 0 Å². The lowest BCUT2D eigenvalue weighted by atomic mass is 10.0. The second-order valence-corrected chi connectivity index (χ2v) is 8.91. The van der Waals surface area contributed by atoms with Gasteiger partial charge in [0.25, 0.3) is 0 Å². The van der Waals surface area contributed by atoms with Gasteiger partial charge in [0.2, 0.25) is 5.95 Å². The lowest BCUT2D eigenvalue weighted by Gasteiger charge is -2.39. The molecule has 1 saturated heterocycles. The standard InChI is InChI=1S/C24H30ClFN8O/c1-5-33(6-2)24-27-11-16(12-28-24)17-9-19(31-23-21(35)22(25)29-14-30-23)20(10-18(17)26)34-8-7-32(4)15(3)13-34/h9-12,14-15,35H,5-8,13H2,1-4H3,(H,29,30,31)/t15-/m1/s1. The summed E-state index contributed by atoms with van der Waals surface area (Å²) in [6, 6.07) is 3.49. The fourth-order valence-electron chi connectivity index (χ4n) is 4.12. The van der Waals surface area contributed by atoms with Gasteiger partial charge in [-0.1, -0.05) is 11.6 Å². The van der Waals surface area contributed by atoms with Crippen LogP contribution in [0.15, 0.2) is 30.9 Å². The van der Waals surface area contributed by atoms with Crippen molar-refractivity contribution in [3.63, 3.8) is 0 Å². The SMILES string of the molecule is CCN(CC)c1ncc(-c2cc(Nc3ncnc(Cl)c3O)c(N3CCN(C)[C@H](C)C3)cc2F)cn1. The Morgan fingerprint density at radius 2 is 1.86 bits per heavy atom. The lowest BCUT2D eigenvalue weighted by Crippen LogP contribution is -2.50. The van der Waals surface area contributed by atoms with Gasteiger partial charge in [-0.15, -0.1) is 0 Å². The number of likely N-dealkylation sites (N-methyl/N-ethyl adjacent to an activating group) is 1. The second kappa shape index (κ2) is 10.6. The van der Waals surface area contributed by atoms with Crippen LogP contribution >= 0.6 is 11.6 Å². The summed E-state index contributed by atoms with van der Waals surface area (Å²) in [6.45, 7) is 10.1. The Hall–Kier alpha value is -3.24. The highest BCUT2D eigenvalue weighted by molar-refractivity contribution is 6.31. The van der Waals surface area contributed by atoms with Gasteiger partial charge in [0.15, 0.2) is 16.7 Å². The maximum atomic E-state index is 15.5. The Morgan fingerprint density at radius 1 is 1.14 bits per heavy atom. The van der Waals surface area contributed by atoms with E-state index in [4.69, 9.17) is 11.6 Å². The van der Waals surface area contributed by atoms with Crippen LogP contribution in [0.4, 0.5) is 27.5 Å². The van der Waals surface area contributed by atoms with Crippen LogP contribution in [0.3, 0.4) is 0 Å². The predicted octanol–water partition coefficient (Wildman–Crippen LogP) is 4.16. The van der Waals surface area contributed by atoms with Gasteiger partial charge in [-0.05, 0) is 40.0 Å². The minimum atomic E-state index is -0.388. The number of nitrogens with zero attached hydrogens (tertiary/aromatic N) is 7. The summed E-state index contributed by atoms with van der Waals surface area (Å²) in [6.07, 6.45) is 4.51. The van der Waals surface area contributed by atoms with E-state index in [1.54, 1.807) is 18.5 Å². The molecule has 0 bridgehead atoms. The maximum absolute atomic E-state index is 15.5. The maximum Gasteiger partial charge on any atom is 0.225 e. The number of benzene rings is 1. The molecule has 2 N–H and O–H groups in total. The third-order valence-electron chi connectivity index (χ3n) is 6.41. The summed E-state index contributed by atoms with van der Waals surface area (Å²) < 4.78 is 15.5. The molecule has 1 atom stereocenters. The van der Waals surface area contributed by atoms with Crippen LogP contribution in [0, 0.1) is 5.82 Å². The first-order chi connectivity index (χ1) is 16.8. The molecule has 9 nitrogen and oxygen atoms in total. The molecular weight excluding hydrogens is 471 g/mol. The smallest absolute Gasteiger partial charge is 0.225 e. The van der Waals surface area contributed by atoms with Gasteiger partial charge in [-0.3, -0.25) is 0 Å². The minimum Gasteiger partial charge on any atom is -0.502 e. The first kappa shape index (κ1) is 24.9. The number of halogens is 2. The van der Waals surface area contributed by atoms with Crippen LogP contribution in [0.5, 0.6) is 5.75 Å². The van der Waals surface area contributed by atoms with Crippen LogP contribution < -0.4 is 15.1 Å². The highest BCUT2D eigenvalue weighted by Gasteiger charge is 2.25. The lowest BCUT2D eigenvalue weighted by molar-refractivity contribution is 0.234. The molecule has 11 heteroatoms. The van der Waals surface area contributed by atoms with Gasteiger partial charge in [-0.2, -0.15) is 0 Å². The van der Waals surface area contributed by atoms with E-state index in [0.29, 0.717) is 34.5 Å². The highest BCUT2D eigenvalue weighted by atomic mass is 35.5. The molecule has 4 rings (SSSR count). The molecule has 0 unspecified atom stereocenters. The van der Waals surface area contributed by atoms with Crippen LogP contribution in [0.1, 0.15) is 20.8 Å². The molecule has 186 valence electrons. The quantitative estimate of drug-likeness (QED) is 0.464. The number of anilines is 4. The second-order valence-electron chi connectivity index (χ2n) is 8.56. The molecule has 3 aromatic rings. The molecule has 1 aliphatic heterocycles. The van der Waals surface area contributed by atoms with Crippen LogP contribution in [0.2, 0.25) is 5.15 Å². The highest BCUT2D eigenvalue weighted by Crippen LogP contribution is 2.38. The van der Waals surface area contributed by atoms with E-state index in [0.717, 1.165) is 32.7 Å². The van der Waals surface area contributed by atoms with Gasteiger partial charge in [0.1, 0.15) is 12.1 Å². The summed E-state index contributed by atoms with van der Waals surface area (Å²) in [5.74, 6) is 0.0751. The number of rotatable bonds is 7. The molecule has 1 aliphatic rings. The average Bonchev–Trinajstić information content (AvgIpc) is 2.86. The van der Waals surface area contributed by atoms with Crippen molar-refractivity contribution in [2.75, 3.05) is 54.9 Å². The fourth-order valence-corrected chi connectivity index (χ4v) is 4.25. The Labute approximate surface area is 209 Å². The van der Waals surface area contributed by atoms with E-state index in [-0.39, 0.29) is 22.5 Å². The topological polar surface area (TPSA) is 93.5 Å². The average molecular weight is 501 g/mol. The molecule has 0 aliphatic carbocycles. The third-order valence-corrected chi connectivity index (χ3v) is 6.69. The molecule has 2 aromatic heterocycles. The third kappa shape index (κ3) is 5.23. The van der Waals surface area contributed by atoms with E-state index in [1.807, 2.05) is 18.7 Å². The van der Waals surface area contributed by atoms with Crippen molar-refractivity contribution < 1.29 is 9.50 Å². The first-order valence-corrected chi connectivity index (χ1v) is 12.0. The minimum absolute atomic E-state index is 0.0694. The van der Waals surface area contributed by atoms with Crippen molar-refractivity contribution in [3.05, 3.63) is 41.8 Å². The van der Waals surface area contributed by atoms with Crippen molar-refractivity contribution in [3.8, 4) is 16.9 Å². The van der Waals surface area contributed by atoms with Crippen molar-refractivity contribution in [2.45, 2.75) is 26.8 Å². The molecular formula is C24H30ClFN8O. The van der Waals surface area contributed by atoms with E-state index in [2.05, 4.69) is 49.0 Å². The Kier molecular flexibility index (Phi) is 7.51. The Bertz CT molecular complexity index is 1170. The molecule has 1 fully saturated rings. The predicted molar refractivity (Wildman–Crippen MR) is 137 cm³/mol. The molecule has 35 heavy (non-hydrogen) atoms. The Morgan fingerprint density at radius 3 is 2.51 bits per heavy atom. The summed E-state index contributed by atoms with van der Waals surface area (Å²) in [5, 5.41) is 13.4. The summed E-state index contributed by atoms with van der Waals surface area (Å²) in [5.41, 5.74) is 2.13.